The number of amides is 1. The van der Waals surface area contributed by atoms with Gasteiger partial charge in [-0.3, -0.25) is 4.79 Å². The first-order valence-electron chi connectivity index (χ1n) is 9.14. The molecule has 0 radical (unpaired) electrons. The summed E-state index contributed by atoms with van der Waals surface area (Å²) in [5, 5.41) is 3.43. The van der Waals surface area contributed by atoms with Gasteiger partial charge in [-0.05, 0) is 67.4 Å². The molecule has 0 bridgehead atoms. The standard InChI is InChI=1S/C23H19ClN2O3/c1-14-6-8-19(10-15(14)2)28-13-22(27)25-18-7-9-20-21(12-18)29-23(26-20)16-4-3-5-17(24)11-16/h3-12H,13H2,1-2H3,(H,25,27). The number of halogens is 1. The van der Waals surface area contributed by atoms with E-state index in [1.807, 2.05) is 44.2 Å². The fraction of sp³-hybridized carbons (Fsp3) is 0.130. The van der Waals surface area contributed by atoms with E-state index in [9.17, 15) is 4.79 Å². The Morgan fingerprint density at radius 3 is 2.72 bits per heavy atom. The molecule has 0 aliphatic carbocycles. The summed E-state index contributed by atoms with van der Waals surface area (Å²) in [7, 11) is 0. The molecule has 3 aromatic carbocycles. The van der Waals surface area contributed by atoms with Gasteiger partial charge in [-0.15, -0.1) is 0 Å². The average molecular weight is 407 g/mol. The van der Waals surface area contributed by atoms with Crippen LogP contribution in [0.5, 0.6) is 5.75 Å². The van der Waals surface area contributed by atoms with Crippen molar-refractivity contribution in [3.8, 4) is 17.2 Å². The van der Waals surface area contributed by atoms with Crippen molar-refractivity contribution in [2.45, 2.75) is 13.8 Å². The van der Waals surface area contributed by atoms with Crippen molar-refractivity contribution >= 4 is 34.3 Å². The van der Waals surface area contributed by atoms with Crippen molar-refractivity contribution in [3.05, 3.63) is 76.8 Å². The van der Waals surface area contributed by atoms with Gasteiger partial charge in [-0.2, -0.15) is 0 Å². The number of rotatable bonds is 5. The van der Waals surface area contributed by atoms with Crippen molar-refractivity contribution in [2.75, 3.05) is 11.9 Å². The number of aromatic nitrogens is 1. The van der Waals surface area contributed by atoms with E-state index in [4.69, 9.17) is 20.8 Å². The summed E-state index contributed by atoms with van der Waals surface area (Å²) in [5.74, 6) is 0.890. The molecular weight excluding hydrogens is 388 g/mol. The number of carbonyl (C=O) groups excluding carboxylic acids is 1. The third kappa shape index (κ3) is 4.41. The van der Waals surface area contributed by atoms with Gasteiger partial charge in [0.1, 0.15) is 11.3 Å². The highest BCUT2D eigenvalue weighted by Gasteiger charge is 2.11. The molecule has 6 heteroatoms. The molecule has 1 amide bonds. The molecule has 0 fully saturated rings. The van der Waals surface area contributed by atoms with Crippen LogP contribution in [0.3, 0.4) is 0 Å². The Morgan fingerprint density at radius 2 is 1.93 bits per heavy atom. The van der Waals surface area contributed by atoms with Crippen LogP contribution in [0.2, 0.25) is 5.02 Å². The van der Waals surface area contributed by atoms with E-state index < -0.39 is 0 Å². The normalized spacial score (nSPS) is 10.9. The Hall–Kier alpha value is -3.31. The summed E-state index contributed by atoms with van der Waals surface area (Å²) in [6, 6.07) is 18.4. The van der Waals surface area contributed by atoms with Gasteiger partial charge in [0, 0.05) is 22.3 Å². The van der Waals surface area contributed by atoms with Crippen LogP contribution in [-0.2, 0) is 4.79 Å². The number of ether oxygens (including phenoxy) is 1. The number of anilines is 1. The van der Waals surface area contributed by atoms with E-state index in [0.29, 0.717) is 33.4 Å². The van der Waals surface area contributed by atoms with E-state index in [-0.39, 0.29) is 12.5 Å². The molecule has 29 heavy (non-hydrogen) atoms. The number of aryl methyl sites for hydroxylation is 2. The highest BCUT2D eigenvalue weighted by Crippen LogP contribution is 2.27. The number of hydrogen-bond acceptors (Lipinski definition) is 4. The number of benzene rings is 3. The quantitative estimate of drug-likeness (QED) is 0.456. The summed E-state index contributed by atoms with van der Waals surface area (Å²) < 4.78 is 11.4. The van der Waals surface area contributed by atoms with Crippen LogP contribution in [0.25, 0.3) is 22.6 Å². The van der Waals surface area contributed by atoms with Gasteiger partial charge in [-0.25, -0.2) is 4.98 Å². The van der Waals surface area contributed by atoms with Gasteiger partial charge in [-0.1, -0.05) is 23.7 Å². The predicted molar refractivity (Wildman–Crippen MR) is 114 cm³/mol. The monoisotopic (exact) mass is 406 g/mol. The minimum atomic E-state index is -0.253. The molecule has 0 aliphatic heterocycles. The van der Waals surface area contributed by atoms with Crippen molar-refractivity contribution in [1.82, 2.24) is 4.98 Å². The molecule has 5 nitrogen and oxygen atoms in total. The third-order valence-corrected chi connectivity index (χ3v) is 4.83. The Kier molecular flexibility index (Phi) is 5.23. The van der Waals surface area contributed by atoms with E-state index >= 15 is 0 Å². The summed E-state index contributed by atoms with van der Waals surface area (Å²) >= 11 is 6.04. The first kappa shape index (κ1) is 19.0. The number of carbonyl (C=O) groups is 1. The largest absolute Gasteiger partial charge is 0.484 e. The van der Waals surface area contributed by atoms with Crippen molar-refractivity contribution in [2.24, 2.45) is 0 Å². The van der Waals surface area contributed by atoms with Crippen molar-refractivity contribution in [1.29, 1.82) is 0 Å². The summed E-state index contributed by atoms with van der Waals surface area (Å²) in [6.45, 7) is 3.96. The van der Waals surface area contributed by atoms with E-state index in [0.717, 1.165) is 11.1 Å². The van der Waals surface area contributed by atoms with Crippen LogP contribution in [0.1, 0.15) is 11.1 Å². The number of oxazole rings is 1. The third-order valence-electron chi connectivity index (χ3n) is 4.59. The van der Waals surface area contributed by atoms with Gasteiger partial charge in [0.2, 0.25) is 5.89 Å². The average Bonchev–Trinajstić information content (AvgIpc) is 3.12. The molecular formula is C23H19ClN2O3. The second-order valence-electron chi connectivity index (χ2n) is 6.79. The molecule has 0 atom stereocenters. The van der Waals surface area contributed by atoms with Gasteiger partial charge < -0.3 is 14.5 Å². The molecule has 0 unspecified atom stereocenters. The second kappa shape index (κ2) is 7.97. The number of nitrogens with one attached hydrogen (secondary N) is 1. The highest BCUT2D eigenvalue weighted by molar-refractivity contribution is 6.30. The van der Waals surface area contributed by atoms with Gasteiger partial charge >= 0.3 is 0 Å². The van der Waals surface area contributed by atoms with Crippen LogP contribution in [0.15, 0.2) is 65.1 Å². The minimum Gasteiger partial charge on any atom is -0.484 e. The van der Waals surface area contributed by atoms with Gasteiger partial charge in [0.25, 0.3) is 5.91 Å². The predicted octanol–water partition coefficient (Wildman–Crippen LogP) is 5.78. The molecule has 4 rings (SSSR count). The van der Waals surface area contributed by atoms with E-state index in [1.54, 1.807) is 30.3 Å². The second-order valence-corrected chi connectivity index (χ2v) is 7.23. The SMILES string of the molecule is Cc1ccc(OCC(=O)Nc2ccc3nc(-c4cccc(Cl)c4)oc3c2)cc1C. The zero-order chi connectivity index (χ0) is 20.4. The lowest BCUT2D eigenvalue weighted by molar-refractivity contribution is -0.118. The highest BCUT2D eigenvalue weighted by atomic mass is 35.5. The van der Waals surface area contributed by atoms with Crippen molar-refractivity contribution in [3.63, 3.8) is 0 Å². The van der Waals surface area contributed by atoms with Gasteiger partial charge in [0.05, 0.1) is 0 Å². The molecule has 0 saturated heterocycles. The number of fused-ring (bicyclic) bond motifs is 1. The molecule has 1 N–H and O–H groups in total. The Morgan fingerprint density at radius 1 is 1.07 bits per heavy atom. The lowest BCUT2D eigenvalue weighted by Gasteiger charge is -2.09. The molecule has 146 valence electrons. The Labute approximate surface area is 173 Å². The van der Waals surface area contributed by atoms with Crippen LogP contribution >= 0.6 is 11.6 Å². The first-order chi connectivity index (χ1) is 14.0. The maximum atomic E-state index is 12.2. The zero-order valence-electron chi connectivity index (χ0n) is 16.0. The fourth-order valence-electron chi connectivity index (χ4n) is 2.90. The molecule has 1 aromatic heterocycles. The summed E-state index contributed by atoms with van der Waals surface area (Å²) in [6.07, 6.45) is 0. The molecule has 0 spiro atoms. The molecule has 0 saturated carbocycles. The Balaban J connectivity index is 1.45. The first-order valence-corrected chi connectivity index (χ1v) is 9.52. The number of nitrogens with zero attached hydrogens (tertiary/aromatic N) is 1. The van der Waals surface area contributed by atoms with Crippen molar-refractivity contribution < 1.29 is 13.9 Å². The maximum Gasteiger partial charge on any atom is 0.262 e. The molecule has 1 heterocycles. The lowest BCUT2D eigenvalue weighted by Crippen LogP contribution is -2.20. The van der Waals surface area contributed by atoms with Crippen LogP contribution < -0.4 is 10.1 Å². The molecule has 0 aliphatic rings. The lowest BCUT2D eigenvalue weighted by atomic mass is 10.1. The molecule has 4 aromatic rings. The topological polar surface area (TPSA) is 64.4 Å². The zero-order valence-corrected chi connectivity index (χ0v) is 16.8. The van der Waals surface area contributed by atoms with Crippen LogP contribution in [-0.4, -0.2) is 17.5 Å². The fourth-order valence-corrected chi connectivity index (χ4v) is 3.09. The van der Waals surface area contributed by atoms with E-state index in [2.05, 4.69) is 10.3 Å². The Bertz CT molecular complexity index is 1200. The minimum absolute atomic E-state index is 0.0787. The van der Waals surface area contributed by atoms with Gasteiger partial charge in [0.15, 0.2) is 12.2 Å². The maximum absolute atomic E-state index is 12.2. The summed E-state index contributed by atoms with van der Waals surface area (Å²) in [4.78, 5) is 16.7. The van der Waals surface area contributed by atoms with Crippen LogP contribution in [0, 0.1) is 13.8 Å². The van der Waals surface area contributed by atoms with E-state index in [1.165, 1.54) is 5.56 Å². The number of hydrogen-bond donors (Lipinski definition) is 1. The van der Waals surface area contributed by atoms with Crippen LogP contribution in [0.4, 0.5) is 5.69 Å². The summed E-state index contributed by atoms with van der Waals surface area (Å²) in [5.41, 5.74) is 4.98. The smallest absolute Gasteiger partial charge is 0.262 e.